The SMILES string of the molecule is COc1ccc(-c2ccc(C(O)Cc3ccncc3)nc2)cc1. The van der Waals surface area contributed by atoms with Crippen molar-refractivity contribution in [3.8, 4) is 16.9 Å². The van der Waals surface area contributed by atoms with Gasteiger partial charge in [-0.2, -0.15) is 0 Å². The van der Waals surface area contributed by atoms with Crippen LogP contribution in [0, 0.1) is 0 Å². The van der Waals surface area contributed by atoms with E-state index in [4.69, 9.17) is 4.74 Å². The number of aliphatic hydroxyl groups is 1. The highest BCUT2D eigenvalue weighted by atomic mass is 16.5. The first kappa shape index (κ1) is 15.2. The molecular weight excluding hydrogens is 288 g/mol. The summed E-state index contributed by atoms with van der Waals surface area (Å²) in [5.41, 5.74) is 3.77. The second-order valence-corrected chi connectivity index (χ2v) is 5.28. The molecule has 0 fully saturated rings. The van der Waals surface area contributed by atoms with E-state index in [0.29, 0.717) is 12.1 Å². The number of hydrogen-bond acceptors (Lipinski definition) is 4. The Morgan fingerprint density at radius 1 is 0.957 bits per heavy atom. The molecule has 0 bridgehead atoms. The van der Waals surface area contributed by atoms with Gasteiger partial charge < -0.3 is 9.84 Å². The number of benzene rings is 1. The van der Waals surface area contributed by atoms with Crippen molar-refractivity contribution in [2.75, 3.05) is 7.11 Å². The highest BCUT2D eigenvalue weighted by Crippen LogP contribution is 2.23. The molecule has 1 aromatic carbocycles. The summed E-state index contributed by atoms with van der Waals surface area (Å²) in [6.45, 7) is 0. The molecule has 0 aliphatic heterocycles. The van der Waals surface area contributed by atoms with Gasteiger partial charge in [0.15, 0.2) is 0 Å². The Labute approximate surface area is 135 Å². The molecule has 1 atom stereocenters. The summed E-state index contributed by atoms with van der Waals surface area (Å²) >= 11 is 0. The van der Waals surface area contributed by atoms with Gasteiger partial charge >= 0.3 is 0 Å². The van der Waals surface area contributed by atoms with Crippen LogP contribution >= 0.6 is 0 Å². The van der Waals surface area contributed by atoms with E-state index in [0.717, 1.165) is 22.4 Å². The predicted molar refractivity (Wildman–Crippen MR) is 89.1 cm³/mol. The number of hydrogen-bond donors (Lipinski definition) is 1. The third-order valence-corrected chi connectivity index (χ3v) is 3.73. The summed E-state index contributed by atoms with van der Waals surface area (Å²) in [6, 6.07) is 15.4. The number of aromatic nitrogens is 2. The quantitative estimate of drug-likeness (QED) is 0.784. The third-order valence-electron chi connectivity index (χ3n) is 3.73. The van der Waals surface area contributed by atoms with Crippen LogP contribution < -0.4 is 4.74 Å². The number of methoxy groups -OCH3 is 1. The monoisotopic (exact) mass is 306 g/mol. The zero-order valence-electron chi connectivity index (χ0n) is 12.9. The second kappa shape index (κ2) is 7.03. The molecule has 0 aliphatic carbocycles. The molecule has 3 rings (SSSR count). The molecule has 1 unspecified atom stereocenters. The minimum absolute atomic E-state index is 0.525. The van der Waals surface area contributed by atoms with Gasteiger partial charge in [-0.05, 0) is 41.5 Å². The molecule has 0 radical (unpaired) electrons. The van der Waals surface area contributed by atoms with Gasteiger partial charge in [0.1, 0.15) is 5.75 Å². The van der Waals surface area contributed by atoms with Crippen molar-refractivity contribution < 1.29 is 9.84 Å². The molecule has 4 heteroatoms. The Kier molecular flexibility index (Phi) is 4.64. The number of nitrogens with zero attached hydrogens (tertiary/aromatic N) is 2. The average molecular weight is 306 g/mol. The predicted octanol–water partition coefficient (Wildman–Crippen LogP) is 3.43. The highest BCUT2D eigenvalue weighted by molar-refractivity contribution is 5.63. The van der Waals surface area contributed by atoms with Crippen molar-refractivity contribution in [1.29, 1.82) is 0 Å². The second-order valence-electron chi connectivity index (χ2n) is 5.28. The summed E-state index contributed by atoms with van der Waals surface area (Å²) in [5, 5.41) is 10.3. The van der Waals surface area contributed by atoms with E-state index >= 15 is 0 Å². The van der Waals surface area contributed by atoms with Crippen LogP contribution in [0.1, 0.15) is 17.4 Å². The van der Waals surface area contributed by atoms with Gasteiger partial charge in [-0.25, -0.2) is 0 Å². The van der Waals surface area contributed by atoms with Crippen LogP contribution in [0.2, 0.25) is 0 Å². The first-order chi connectivity index (χ1) is 11.3. The summed E-state index contributed by atoms with van der Waals surface area (Å²) < 4.78 is 5.16. The van der Waals surface area contributed by atoms with Gasteiger partial charge in [0.25, 0.3) is 0 Å². The van der Waals surface area contributed by atoms with Gasteiger partial charge in [-0.3, -0.25) is 9.97 Å². The maximum atomic E-state index is 10.3. The van der Waals surface area contributed by atoms with Crippen LogP contribution in [-0.4, -0.2) is 22.2 Å². The van der Waals surface area contributed by atoms with Crippen molar-refractivity contribution >= 4 is 0 Å². The molecule has 0 saturated carbocycles. The van der Waals surface area contributed by atoms with Crippen molar-refractivity contribution in [2.45, 2.75) is 12.5 Å². The first-order valence-electron chi connectivity index (χ1n) is 7.43. The lowest BCUT2D eigenvalue weighted by atomic mass is 10.0. The van der Waals surface area contributed by atoms with Gasteiger partial charge in [-0.1, -0.05) is 18.2 Å². The normalized spacial score (nSPS) is 11.9. The smallest absolute Gasteiger partial charge is 0.118 e. The van der Waals surface area contributed by atoms with Gasteiger partial charge in [0, 0.05) is 30.6 Å². The minimum Gasteiger partial charge on any atom is -0.497 e. The van der Waals surface area contributed by atoms with E-state index in [1.54, 1.807) is 25.7 Å². The van der Waals surface area contributed by atoms with Crippen molar-refractivity contribution in [3.63, 3.8) is 0 Å². The topological polar surface area (TPSA) is 55.2 Å². The highest BCUT2D eigenvalue weighted by Gasteiger charge is 2.10. The van der Waals surface area contributed by atoms with Crippen LogP contribution in [-0.2, 0) is 6.42 Å². The lowest BCUT2D eigenvalue weighted by Gasteiger charge is -2.11. The molecular formula is C19H18N2O2. The van der Waals surface area contributed by atoms with Crippen LogP contribution in [0.25, 0.3) is 11.1 Å². The Bertz CT molecular complexity index is 741. The zero-order chi connectivity index (χ0) is 16.1. The van der Waals surface area contributed by atoms with E-state index in [1.807, 2.05) is 48.5 Å². The maximum absolute atomic E-state index is 10.3. The summed E-state index contributed by atoms with van der Waals surface area (Å²) in [6.07, 6.45) is 5.14. The zero-order valence-corrected chi connectivity index (χ0v) is 12.9. The van der Waals surface area contributed by atoms with Crippen LogP contribution in [0.4, 0.5) is 0 Å². The molecule has 0 spiro atoms. The number of aliphatic hydroxyl groups excluding tert-OH is 1. The van der Waals surface area contributed by atoms with E-state index < -0.39 is 6.10 Å². The molecule has 1 N–H and O–H groups in total. The molecule has 116 valence electrons. The lowest BCUT2D eigenvalue weighted by molar-refractivity contribution is 0.173. The Balaban J connectivity index is 1.73. The molecule has 2 aromatic heterocycles. The van der Waals surface area contributed by atoms with E-state index in [1.165, 1.54) is 0 Å². The maximum Gasteiger partial charge on any atom is 0.118 e. The van der Waals surface area contributed by atoms with Crippen molar-refractivity contribution in [3.05, 3.63) is 78.4 Å². The van der Waals surface area contributed by atoms with E-state index in [9.17, 15) is 5.11 Å². The van der Waals surface area contributed by atoms with Gasteiger partial charge in [-0.15, -0.1) is 0 Å². The molecule has 23 heavy (non-hydrogen) atoms. The van der Waals surface area contributed by atoms with Gasteiger partial charge in [0.2, 0.25) is 0 Å². The van der Waals surface area contributed by atoms with Crippen LogP contribution in [0.15, 0.2) is 67.1 Å². The average Bonchev–Trinajstić information content (AvgIpc) is 2.63. The summed E-state index contributed by atoms with van der Waals surface area (Å²) in [4.78, 5) is 8.37. The molecule has 0 amide bonds. The van der Waals surface area contributed by atoms with E-state index in [-0.39, 0.29) is 0 Å². The van der Waals surface area contributed by atoms with Crippen LogP contribution in [0.3, 0.4) is 0 Å². The lowest BCUT2D eigenvalue weighted by Crippen LogP contribution is -2.04. The third kappa shape index (κ3) is 3.73. The number of rotatable bonds is 5. The fourth-order valence-electron chi connectivity index (χ4n) is 2.40. The summed E-state index contributed by atoms with van der Waals surface area (Å²) in [5.74, 6) is 0.825. The Morgan fingerprint density at radius 2 is 1.65 bits per heavy atom. The van der Waals surface area contributed by atoms with Gasteiger partial charge in [0.05, 0.1) is 18.9 Å². The standard InChI is InChI=1S/C19H18N2O2/c1-23-17-5-2-15(3-6-17)16-4-7-18(21-13-16)19(22)12-14-8-10-20-11-9-14/h2-11,13,19,22H,12H2,1H3. The molecule has 3 aromatic rings. The molecule has 0 aliphatic rings. The fraction of sp³-hybridized carbons (Fsp3) is 0.158. The van der Waals surface area contributed by atoms with Crippen LogP contribution in [0.5, 0.6) is 5.75 Å². The molecule has 2 heterocycles. The Morgan fingerprint density at radius 3 is 2.26 bits per heavy atom. The molecule has 0 saturated heterocycles. The summed E-state index contributed by atoms with van der Waals surface area (Å²) in [7, 11) is 1.65. The number of ether oxygens (including phenoxy) is 1. The minimum atomic E-state index is -0.623. The van der Waals surface area contributed by atoms with Crippen molar-refractivity contribution in [1.82, 2.24) is 9.97 Å². The molecule has 4 nitrogen and oxygen atoms in total. The number of pyridine rings is 2. The first-order valence-corrected chi connectivity index (χ1v) is 7.43. The fourth-order valence-corrected chi connectivity index (χ4v) is 2.40. The van der Waals surface area contributed by atoms with Crippen molar-refractivity contribution in [2.24, 2.45) is 0 Å². The Hall–Kier alpha value is -2.72. The van der Waals surface area contributed by atoms with E-state index in [2.05, 4.69) is 9.97 Å². The largest absolute Gasteiger partial charge is 0.497 e.